The van der Waals surface area contributed by atoms with Gasteiger partial charge in [0.15, 0.2) is 0 Å². The fourth-order valence-corrected chi connectivity index (χ4v) is 2.86. The molecule has 1 fully saturated rings. The molecule has 1 saturated carbocycles. The number of benzene rings is 1. The van der Waals surface area contributed by atoms with Gasteiger partial charge >= 0.3 is 0 Å². The number of hydrogen-bond donors (Lipinski definition) is 1. The van der Waals surface area contributed by atoms with Crippen molar-refractivity contribution in [1.82, 2.24) is 4.72 Å². The molecule has 16 heavy (non-hydrogen) atoms. The first-order valence-corrected chi connectivity index (χ1v) is 6.82. The van der Waals surface area contributed by atoms with Gasteiger partial charge in [0, 0.05) is 6.54 Å². The van der Waals surface area contributed by atoms with Gasteiger partial charge in [-0.3, -0.25) is 0 Å². The van der Waals surface area contributed by atoms with Crippen LogP contribution in [0.25, 0.3) is 0 Å². The average molecular weight is 243 g/mol. The lowest BCUT2D eigenvalue weighted by molar-refractivity contribution is 0.316. The van der Waals surface area contributed by atoms with Crippen molar-refractivity contribution in [1.29, 1.82) is 0 Å². The number of nitrogens with one attached hydrogen (secondary N) is 1. The zero-order valence-corrected chi connectivity index (χ0v) is 9.63. The minimum atomic E-state index is -3.69. The van der Waals surface area contributed by atoms with Crippen LogP contribution in [-0.2, 0) is 10.0 Å². The molecule has 88 valence electrons. The summed E-state index contributed by atoms with van der Waals surface area (Å²) >= 11 is 0. The molecule has 3 nitrogen and oxygen atoms in total. The number of sulfonamides is 1. The van der Waals surface area contributed by atoms with Crippen LogP contribution in [0.4, 0.5) is 4.39 Å². The van der Waals surface area contributed by atoms with Gasteiger partial charge in [0.25, 0.3) is 0 Å². The molecule has 0 amide bonds. The summed E-state index contributed by atoms with van der Waals surface area (Å²) in [5.41, 5.74) is 0. The molecule has 1 aliphatic carbocycles. The van der Waals surface area contributed by atoms with Crippen molar-refractivity contribution in [2.24, 2.45) is 5.92 Å². The van der Waals surface area contributed by atoms with Crippen LogP contribution >= 0.6 is 0 Å². The minimum absolute atomic E-state index is 0.269. The van der Waals surface area contributed by atoms with Gasteiger partial charge in [-0.15, -0.1) is 0 Å². The summed E-state index contributed by atoms with van der Waals surface area (Å²) in [5, 5.41) is 0. The maximum absolute atomic E-state index is 13.3. The highest BCUT2D eigenvalue weighted by molar-refractivity contribution is 7.89. The van der Waals surface area contributed by atoms with E-state index in [-0.39, 0.29) is 4.90 Å². The van der Waals surface area contributed by atoms with E-state index in [0.29, 0.717) is 12.5 Å². The first-order chi connectivity index (χ1) is 7.59. The molecule has 0 heterocycles. The topological polar surface area (TPSA) is 46.2 Å². The van der Waals surface area contributed by atoms with Gasteiger partial charge in [-0.2, -0.15) is 0 Å². The Morgan fingerprint density at radius 3 is 2.56 bits per heavy atom. The van der Waals surface area contributed by atoms with E-state index in [1.807, 2.05) is 0 Å². The van der Waals surface area contributed by atoms with Crippen LogP contribution in [-0.4, -0.2) is 15.0 Å². The lowest BCUT2D eigenvalue weighted by atomic mass is 9.86. The Kier molecular flexibility index (Phi) is 3.25. The van der Waals surface area contributed by atoms with Gasteiger partial charge in [-0.1, -0.05) is 18.6 Å². The van der Waals surface area contributed by atoms with Gasteiger partial charge in [0.05, 0.1) is 0 Å². The van der Waals surface area contributed by atoms with Crippen molar-refractivity contribution in [3.05, 3.63) is 30.1 Å². The maximum atomic E-state index is 13.3. The molecular weight excluding hydrogens is 229 g/mol. The number of halogens is 1. The zero-order chi connectivity index (χ0) is 11.6. The van der Waals surface area contributed by atoms with E-state index in [0.717, 1.165) is 25.3 Å². The molecular formula is C11H14FNO2S. The van der Waals surface area contributed by atoms with Crippen LogP contribution in [0.1, 0.15) is 19.3 Å². The Hall–Kier alpha value is -0.940. The second kappa shape index (κ2) is 4.51. The molecule has 0 aromatic heterocycles. The third kappa shape index (κ3) is 2.41. The fraction of sp³-hybridized carbons (Fsp3) is 0.455. The molecule has 0 bridgehead atoms. The Bertz CT molecular complexity index is 469. The van der Waals surface area contributed by atoms with Crippen LogP contribution < -0.4 is 4.72 Å². The fourth-order valence-electron chi connectivity index (χ4n) is 1.66. The quantitative estimate of drug-likeness (QED) is 0.878. The van der Waals surface area contributed by atoms with Gasteiger partial charge in [-0.25, -0.2) is 17.5 Å². The van der Waals surface area contributed by atoms with Gasteiger partial charge in [-0.05, 0) is 30.9 Å². The van der Waals surface area contributed by atoms with E-state index in [1.165, 1.54) is 18.2 Å². The summed E-state index contributed by atoms with van der Waals surface area (Å²) < 4.78 is 39.2. The molecule has 1 aliphatic rings. The average Bonchev–Trinajstić information content (AvgIpc) is 2.15. The summed E-state index contributed by atoms with van der Waals surface area (Å²) in [6, 6.07) is 5.41. The minimum Gasteiger partial charge on any atom is -0.211 e. The molecule has 0 saturated heterocycles. The smallest absolute Gasteiger partial charge is 0.211 e. The van der Waals surface area contributed by atoms with Crippen molar-refractivity contribution in [2.75, 3.05) is 6.54 Å². The predicted molar refractivity (Wildman–Crippen MR) is 58.9 cm³/mol. The summed E-state index contributed by atoms with van der Waals surface area (Å²) in [6.07, 6.45) is 3.27. The Balaban J connectivity index is 2.09. The predicted octanol–water partition coefficient (Wildman–Crippen LogP) is 1.90. The highest BCUT2D eigenvalue weighted by Gasteiger charge is 2.22. The summed E-state index contributed by atoms with van der Waals surface area (Å²) in [7, 11) is -3.69. The first kappa shape index (κ1) is 11.5. The van der Waals surface area contributed by atoms with E-state index in [1.54, 1.807) is 0 Å². The molecule has 5 heteroatoms. The highest BCUT2D eigenvalue weighted by atomic mass is 32.2. The third-order valence-corrected chi connectivity index (χ3v) is 4.37. The second-order valence-corrected chi connectivity index (χ2v) is 5.81. The van der Waals surface area contributed by atoms with Gasteiger partial charge in [0.2, 0.25) is 10.0 Å². The van der Waals surface area contributed by atoms with Gasteiger partial charge in [0.1, 0.15) is 10.7 Å². The molecule has 0 unspecified atom stereocenters. The van der Waals surface area contributed by atoms with Crippen molar-refractivity contribution in [3.63, 3.8) is 0 Å². The van der Waals surface area contributed by atoms with Gasteiger partial charge < -0.3 is 0 Å². The van der Waals surface area contributed by atoms with E-state index in [9.17, 15) is 12.8 Å². The Labute approximate surface area is 94.7 Å². The van der Waals surface area contributed by atoms with E-state index >= 15 is 0 Å². The Morgan fingerprint density at radius 2 is 2.00 bits per heavy atom. The van der Waals surface area contributed by atoms with Crippen molar-refractivity contribution in [2.45, 2.75) is 24.2 Å². The van der Waals surface area contributed by atoms with E-state index < -0.39 is 15.8 Å². The Morgan fingerprint density at radius 1 is 1.31 bits per heavy atom. The monoisotopic (exact) mass is 243 g/mol. The molecule has 1 aromatic rings. The lowest BCUT2D eigenvalue weighted by Gasteiger charge is -2.25. The van der Waals surface area contributed by atoms with Crippen molar-refractivity contribution in [3.8, 4) is 0 Å². The summed E-state index contributed by atoms with van der Waals surface area (Å²) in [4.78, 5) is -0.269. The molecule has 0 aliphatic heterocycles. The SMILES string of the molecule is O=S(=O)(NCC1CCC1)c1ccccc1F. The second-order valence-electron chi connectivity index (χ2n) is 4.08. The third-order valence-electron chi connectivity index (χ3n) is 2.91. The molecule has 0 spiro atoms. The van der Waals surface area contributed by atoms with E-state index in [2.05, 4.69) is 4.72 Å². The van der Waals surface area contributed by atoms with Crippen LogP contribution in [0.5, 0.6) is 0 Å². The molecule has 2 rings (SSSR count). The normalized spacial score (nSPS) is 17.1. The summed E-state index contributed by atoms with van der Waals surface area (Å²) in [6.45, 7) is 0.413. The highest BCUT2D eigenvalue weighted by Crippen LogP contribution is 2.25. The largest absolute Gasteiger partial charge is 0.243 e. The lowest BCUT2D eigenvalue weighted by Crippen LogP contribution is -2.32. The molecule has 0 radical (unpaired) electrons. The van der Waals surface area contributed by atoms with Crippen molar-refractivity contribution >= 4 is 10.0 Å². The maximum Gasteiger partial charge on any atom is 0.243 e. The van der Waals surface area contributed by atoms with Crippen LogP contribution in [0.2, 0.25) is 0 Å². The summed E-state index contributed by atoms with van der Waals surface area (Å²) in [5.74, 6) is -0.287. The molecule has 0 atom stereocenters. The number of rotatable bonds is 4. The first-order valence-electron chi connectivity index (χ1n) is 5.34. The zero-order valence-electron chi connectivity index (χ0n) is 8.82. The number of hydrogen-bond acceptors (Lipinski definition) is 2. The van der Waals surface area contributed by atoms with Crippen LogP contribution in [0.3, 0.4) is 0 Å². The van der Waals surface area contributed by atoms with Crippen molar-refractivity contribution < 1.29 is 12.8 Å². The molecule has 1 N–H and O–H groups in total. The van der Waals surface area contributed by atoms with Crippen LogP contribution in [0.15, 0.2) is 29.2 Å². The molecule has 1 aromatic carbocycles. The standard InChI is InChI=1S/C11H14FNO2S/c12-10-6-1-2-7-11(10)16(14,15)13-8-9-4-3-5-9/h1-2,6-7,9,13H,3-5,8H2. The van der Waals surface area contributed by atoms with Crippen LogP contribution in [0, 0.1) is 11.7 Å². The van der Waals surface area contributed by atoms with E-state index in [4.69, 9.17) is 0 Å².